The van der Waals surface area contributed by atoms with Crippen molar-refractivity contribution in [2.24, 2.45) is 0 Å². The SMILES string of the molecule is Cc1cc(-c2ccc(NC(=O)Nc3ccc4ccccc4n3)cc2)ccn1. The molecule has 4 aromatic rings. The van der Waals surface area contributed by atoms with Crippen LogP contribution in [-0.4, -0.2) is 16.0 Å². The van der Waals surface area contributed by atoms with Crippen LogP contribution < -0.4 is 10.6 Å². The van der Waals surface area contributed by atoms with E-state index in [0.717, 1.165) is 27.7 Å². The number of anilines is 2. The molecule has 0 bridgehead atoms. The minimum atomic E-state index is -0.328. The van der Waals surface area contributed by atoms with Crippen LogP contribution in [0.4, 0.5) is 16.3 Å². The highest BCUT2D eigenvalue weighted by molar-refractivity contribution is 5.99. The monoisotopic (exact) mass is 354 g/mol. The van der Waals surface area contributed by atoms with Gasteiger partial charge in [-0.05, 0) is 60.5 Å². The number of amides is 2. The molecule has 0 atom stereocenters. The average molecular weight is 354 g/mol. The maximum atomic E-state index is 12.2. The summed E-state index contributed by atoms with van der Waals surface area (Å²) in [6.07, 6.45) is 1.79. The lowest BCUT2D eigenvalue weighted by Crippen LogP contribution is -2.20. The number of carbonyl (C=O) groups excluding carboxylic acids is 1. The van der Waals surface area contributed by atoms with E-state index in [1.807, 2.05) is 73.7 Å². The lowest BCUT2D eigenvalue weighted by atomic mass is 10.1. The number of aromatic nitrogens is 2. The molecule has 0 unspecified atom stereocenters. The largest absolute Gasteiger partial charge is 0.324 e. The summed E-state index contributed by atoms with van der Waals surface area (Å²) in [6, 6.07) is 22.9. The van der Waals surface area contributed by atoms with Gasteiger partial charge in [0, 0.05) is 23.0 Å². The number of urea groups is 1. The number of nitrogens with zero attached hydrogens (tertiary/aromatic N) is 2. The van der Waals surface area contributed by atoms with E-state index in [-0.39, 0.29) is 6.03 Å². The summed E-state index contributed by atoms with van der Waals surface area (Å²) >= 11 is 0. The van der Waals surface area contributed by atoms with Crippen molar-refractivity contribution >= 4 is 28.4 Å². The van der Waals surface area contributed by atoms with Crippen LogP contribution in [0.2, 0.25) is 0 Å². The third kappa shape index (κ3) is 3.93. The number of nitrogens with one attached hydrogen (secondary N) is 2. The summed E-state index contributed by atoms with van der Waals surface area (Å²) < 4.78 is 0. The summed E-state index contributed by atoms with van der Waals surface area (Å²) in [6.45, 7) is 1.96. The van der Waals surface area contributed by atoms with Gasteiger partial charge in [0.05, 0.1) is 5.52 Å². The fourth-order valence-electron chi connectivity index (χ4n) is 2.89. The number of hydrogen-bond donors (Lipinski definition) is 2. The molecule has 4 rings (SSSR count). The Labute approximate surface area is 157 Å². The van der Waals surface area contributed by atoms with Crippen molar-refractivity contribution in [1.82, 2.24) is 9.97 Å². The zero-order chi connectivity index (χ0) is 18.6. The molecule has 27 heavy (non-hydrogen) atoms. The molecular formula is C22H18N4O. The summed E-state index contributed by atoms with van der Waals surface area (Å²) in [5.74, 6) is 0.509. The molecule has 0 fully saturated rings. The van der Waals surface area contributed by atoms with E-state index in [1.165, 1.54) is 0 Å². The van der Waals surface area contributed by atoms with Crippen molar-refractivity contribution in [2.45, 2.75) is 6.92 Å². The number of carbonyl (C=O) groups is 1. The van der Waals surface area contributed by atoms with Crippen molar-refractivity contribution in [2.75, 3.05) is 10.6 Å². The van der Waals surface area contributed by atoms with Gasteiger partial charge in [-0.15, -0.1) is 0 Å². The van der Waals surface area contributed by atoms with Gasteiger partial charge in [-0.25, -0.2) is 9.78 Å². The van der Waals surface area contributed by atoms with E-state index >= 15 is 0 Å². The van der Waals surface area contributed by atoms with Crippen molar-refractivity contribution in [3.8, 4) is 11.1 Å². The van der Waals surface area contributed by atoms with Gasteiger partial charge in [0.1, 0.15) is 5.82 Å². The third-order valence-electron chi connectivity index (χ3n) is 4.21. The first-order valence-electron chi connectivity index (χ1n) is 8.64. The third-order valence-corrected chi connectivity index (χ3v) is 4.21. The molecule has 2 heterocycles. The number of para-hydroxylation sites is 1. The van der Waals surface area contributed by atoms with Gasteiger partial charge in [0.15, 0.2) is 0 Å². The Balaban J connectivity index is 1.44. The van der Waals surface area contributed by atoms with E-state index < -0.39 is 0 Å². The fourth-order valence-corrected chi connectivity index (χ4v) is 2.89. The minimum Gasteiger partial charge on any atom is -0.308 e. The minimum absolute atomic E-state index is 0.328. The number of fused-ring (bicyclic) bond motifs is 1. The number of hydrogen-bond acceptors (Lipinski definition) is 3. The molecule has 5 nitrogen and oxygen atoms in total. The Hall–Kier alpha value is -3.73. The molecular weight excluding hydrogens is 336 g/mol. The molecule has 5 heteroatoms. The standard InChI is InChI=1S/C22H18N4O/c1-15-14-18(12-13-23-15)16-6-9-19(10-7-16)24-22(27)26-21-11-8-17-4-2-3-5-20(17)25-21/h2-14H,1H3,(H2,24,25,26,27). The van der Waals surface area contributed by atoms with Crippen molar-refractivity contribution in [3.63, 3.8) is 0 Å². The average Bonchev–Trinajstić information content (AvgIpc) is 2.68. The van der Waals surface area contributed by atoms with Crippen LogP contribution in [0.25, 0.3) is 22.0 Å². The second-order valence-electron chi connectivity index (χ2n) is 6.23. The molecule has 0 aliphatic rings. The maximum absolute atomic E-state index is 12.2. The first-order valence-corrected chi connectivity index (χ1v) is 8.64. The van der Waals surface area contributed by atoms with Crippen molar-refractivity contribution in [1.29, 1.82) is 0 Å². The quantitative estimate of drug-likeness (QED) is 0.528. The lowest BCUT2D eigenvalue weighted by molar-refractivity contribution is 0.262. The van der Waals surface area contributed by atoms with E-state index in [0.29, 0.717) is 11.5 Å². The zero-order valence-electron chi connectivity index (χ0n) is 14.8. The molecule has 132 valence electrons. The molecule has 0 saturated carbocycles. The molecule has 2 aromatic heterocycles. The number of pyridine rings is 2. The predicted octanol–water partition coefficient (Wildman–Crippen LogP) is 5.25. The Kier molecular flexibility index (Phi) is 4.49. The summed E-state index contributed by atoms with van der Waals surface area (Å²) in [4.78, 5) is 20.9. The van der Waals surface area contributed by atoms with Crippen LogP contribution >= 0.6 is 0 Å². The topological polar surface area (TPSA) is 66.9 Å². The Morgan fingerprint density at radius 1 is 0.852 bits per heavy atom. The lowest BCUT2D eigenvalue weighted by Gasteiger charge is -2.09. The van der Waals surface area contributed by atoms with Crippen LogP contribution in [-0.2, 0) is 0 Å². The molecule has 0 aliphatic heterocycles. The van der Waals surface area contributed by atoms with Crippen LogP contribution in [0.3, 0.4) is 0 Å². The highest BCUT2D eigenvalue weighted by Gasteiger charge is 2.05. The van der Waals surface area contributed by atoms with Crippen molar-refractivity contribution < 1.29 is 4.79 Å². The number of rotatable bonds is 3. The molecule has 2 N–H and O–H groups in total. The Morgan fingerprint density at radius 2 is 1.67 bits per heavy atom. The highest BCUT2D eigenvalue weighted by Crippen LogP contribution is 2.22. The number of aryl methyl sites for hydroxylation is 1. The first-order chi connectivity index (χ1) is 13.2. The highest BCUT2D eigenvalue weighted by atomic mass is 16.2. The molecule has 2 aromatic carbocycles. The van der Waals surface area contributed by atoms with Gasteiger partial charge >= 0.3 is 6.03 Å². The molecule has 0 aliphatic carbocycles. The molecule has 0 spiro atoms. The summed E-state index contributed by atoms with van der Waals surface area (Å²) in [5, 5.41) is 6.63. The second kappa shape index (κ2) is 7.25. The predicted molar refractivity (Wildman–Crippen MR) is 109 cm³/mol. The summed E-state index contributed by atoms with van der Waals surface area (Å²) in [5.41, 5.74) is 4.69. The molecule has 2 amide bonds. The molecule has 0 saturated heterocycles. The number of benzene rings is 2. The summed E-state index contributed by atoms with van der Waals surface area (Å²) in [7, 11) is 0. The van der Waals surface area contributed by atoms with Gasteiger partial charge < -0.3 is 5.32 Å². The van der Waals surface area contributed by atoms with Gasteiger partial charge in [-0.2, -0.15) is 0 Å². The normalized spacial score (nSPS) is 10.6. The van der Waals surface area contributed by atoms with Crippen LogP contribution in [0.5, 0.6) is 0 Å². The van der Waals surface area contributed by atoms with Crippen LogP contribution in [0.1, 0.15) is 5.69 Å². The first kappa shape index (κ1) is 16.7. The van der Waals surface area contributed by atoms with Gasteiger partial charge in [0.25, 0.3) is 0 Å². The van der Waals surface area contributed by atoms with E-state index in [1.54, 1.807) is 12.3 Å². The Morgan fingerprint density at radius 3 is 2.48 bits per heavy atom. The maximum Gasteiger partial charge on any atom is 0.324 e. The van der Waals surface area contributed by atoms with Crippen LogP contribution in [0.15, 0.2) is 79.0 Å². The van der Waals surface area contributed by atoms with Crippen LogP contribution in [0, 0.1) is 6.92 Å². The van der Waals surface area contributed by atoms with Gasteiger partial charge in [0.2, 0.25) is 0 Å². The smallest absolute Gasteiger partial charge is 0.308 e. The van der Waals surface area contributed by atoms with E-state index in [2.05, 4.69) is 20.6 Å². The molecule has 0 radical (unpaired) electrons. The Bertz CT molecular complexity index is 1110. The van der Waals surface area contributed by atoms with Gasteiger partial charge in [-0.1, -0.05) is 30.3 Å². The van der Waals surface area contributed by atoms with E-state index in [9.17, 15) is 4.79 Å². The van der Waals surface area contributed by atoms with Gasteiger partial charge in [-0.3, -0.25) is 10.3 Å². The van der Waals surface area contributed by atoms with E-state index in [4.69, 9.17) is 0 Å². The zero-order valence-corrected chi connectivity index (χ0v) is 14.8. The second-order valence-corrected chi connectivity index (χ2v) is 6.23. The fraction of sp³-hybridized carbons (Fsp3) is 0.0455. The van der Waals surface area contributed by atoms with Crippen molar-refractivity contribution in [3.05, 3.63) is 84.7 Å².